The molecule has 152 valence electrons. The van der Waals surface area contributed by atoms with Gasteiger partial charge in [-0.3, -0.25) is 0 Å². The molecule has 0 radical (unpaired) electrons. The smallest absolute Gasteiger partial charge is 0.425 e. The molecule has 0 bridgehead atoms. The Morgan fingerprint density at radius 3 is 2.55 bits per heavy atom. The predicted octanol–water partition coefficient (Wildman–Crippen LogP) is 3.50. The van der Waals surface area contributed by atoms with E-state index in [4.69, 9.17) is 17.3 Å². The molecule has 0 fully saturated rings. The van der Waals surface area contributed by atoms with E-state index >= 15 is 0 Å². The van der Waals surface area contributed by atoms with Crippen LogP contribution >= 0.6 is 11.6 Å². The monoisotopic (exact) mass is 430 g/mol. The Balaban J connectivity index is 2.02. The van der Waals surface area contributed by atoms with Crippen LogP contribution in [0.2, 0.25) is 5.02 Å². The average Bonchev–Trinajstić information content (AvgIpc) is 2.67. The topological polar surface area (TPSA) is 73.4 Å². The van der Waals surface area contributed by atoms with Gasteiger partial charge in [0.15, 0.2) is 6.10 Å². The Labute approximate surface area is 166 Å². The van der Waals surface area contributed by atoms with Crippen molar-refractivity contribution in [3.63, 3.8) is 0 Å². The third-order valence-electron chi connectivity index (χ3n) is 4.10. The summed E-state index contributed by atoms with van der Waals surface area (Å²) < 4.78 is 72.3. The maximum absolute atomic E-state index is 14.5. The van der Waals surface area contributed by atoms with Gasteiger partial charge in [-0.05, 0) is 24.1 Å². The van der Waals surface area contributed by atoms with Crippen LogP contribution in [0.5, 0.6) is 0 Å². The number of hydrogen-bond acceptors (Lipinski definition) is 5. The first-order valence-electron chi connectivity index (χ1n) is 8.07. The Kier molecular flexibility index (Phi) is 5.61. The number of halogens is 6. The van der Waals surface area contributed by atoms with Crippen LogP contribution in [-0.4, -0.2) is 34.9 Å². The molecule has 11 heteroatoms. The third kappa shape index (κ3) is 4.56. The summed E-state index contributed by atoms with van der Waals surface area (Å²) >= 11 is 5.68. The SMILES string of the molecule is NC1=NC(CF)(c2cc(C#Cc3ncc(Cl)cn3)ccc2F)C[C@@H](C(F)(F)F)O1. The fraction of sp³-hybridized carbons (Fsp3) is 0.278. The highest BCUT2D eigenvalue weighted by atomic mass is 35.5. The Morgan fingerprint density at radius 2 is 1.93 bits per heavy atom. The van der Waals surface area contributed by atoms with Crippen molar-refractivity contribution in [3.05, 3.63) is 58.4 Å². The fourth-order valence-electron chi connectivity index (χ4n) is 2.75. The Hall–Kier alpha value is -2.93. The lowest BCUT2D eigenvalue weighted by Crippen LogP contribution is -2.48. The zero-order valence-electron chi connectivity index (χ0n) is 14.5. The first kappa shape index (κ1) is 20.8. The number of ether oxygens (including phenoxy) is 1. The quantitative estimate of drug-likeness (QED) is 0.584. The van der Waals surface area contributed by atoms with Gasteiger partial charge in [0.05, 0.1) is 17.4 Å². The summed E-state index contributed by atoms with van der Waals surface area (Å²) in [6, 6.07) is 2.49. The second kappa shape index (κ2) is 7.83. The maximum atomic E-state index is 14.5. The minimum absolute atomic E-state index is 0.117. The van der Waals surface area contributed by atoms with Gasteiger partial charge < -0.3 is 10.5 Å². The normalized spacial score (nSPS) is 21.6. The van der Waals surface area contributed by atoms with Crippen molar-refractivity contribution in [2.24, 2.45) is 10.7 Å². The van der Waals surface area contributed by atoms with Gasteiger partial charge >= 0.3 is 6.18 Å². The maximum Gasteiger partial charge on any atom is 0.425 e. The molecular weight excluding hydrogens is 419 g/mol. The molecule has 2 heterocycles. The lowest BCUT2D eigenvalue weighted by Gasteiger charge is -2.36. The number of benzene rings is 1. The lowest BCUT2D eigenvalue weighted by molar-refractivity contribution is -0.209. The standard InChI is InChI=1S/C18H12ClF5N4O/c19-11-7-26-15(27-8-11)4-2-10-1-3-13(21)12(5-10)17(9-20)6-14(18(22,23)24)29-16(25)28-17/h1,3,5,7-8,14H,6,9H2,(H2,25,28)/t14-,17?/m0/s1. The number of nitrogens with two attached hydrogens (primary N) is 1. The van der Waals surface area contributed by atoms with Crippen molar-refractivity contribution < 1.29 is 26.7 Å². The first-order valence-corrected chi connectivity index (χ1v) is 8.45. The summed E-state index contributed by atoms with van der Waals surface area (Å²) in [5, 5.41) is 0.304. The van der Waals surface area contributed by atoms with Gasteiger partial charge in [-0.25, -0.2) is 23.7 Å². The van der Waals surface area contributed by atoms with Gasteiger partial charge in [0.25, 0.3) is 6.02 Å². The van der Waals surface area contributed by atoms with E-state index in [0.29, 0.717) is 5.02 Å². The second-order valence-corrected chi connectivity index (χ2v) is 6.57. The van der Waals surface area contributed by atoms with Crippen LogP contribution in [-0.2, 0) is 10.3 Å². The molecule has 2 N–H and O–H groups in total. The van der Waals surface area contributed by atoms with Crippen LogP contribution in [0.1, 0.15) is 23.4 Å². The van der Waals surface area contributed by atoms with Crippen LogP contribution in [0.25, 0.3) is 0 Å². The number of nitrogens with zero attached hydrogens (tertiary/aromatic N) is 3. The molecule has 1 unspecified atom stereocenters. The highest BCUT2D eigenvalue weighted by Crippen LogP contribution is 2.41. The molecule has 1 aliphatic rings. The van der Waals surface area contributed by atoms with Crippen molar-refractivity contribution >= 4 is 17.6 Å². The zero-order valence-corrected chi connectivity index (χ0v) is 15.2. The summed E-state index contributed by atoms with van der Waals surface area (Å²) in [6.07, 6.45) is -5.58. The number of rotatable bonds is 2. The van der Waals surface area contributed by atoms with E-state index in [9.17, 15) is 22.0 Å². The van der Waals surface area contributed by atoms with Gasteiger partial charge in [-0.2, -0.15) is 13.2 Å². The van der Waals surface area contributed by atoms with Gasteiger partial charge in [0, 0.05) is 17.5 Å². The van der Waals surface area contributed by atoms with Crippen LogP contribution < -0.4 is 5.73 Å². The van der Waals surface area contributed by atoms with E-state index in [0.717, 1.165) is 12.1 Å². The van der Waals surface area contributed by atoms with E-state index in [-0.39, 0.29) is 11.4 Å². The number of hydrogen-bond donors (Lipinski definition) is 1. The number of amidine groups is 1. The summed E-state index contributed by atoms with van der Waals surface area (Å²) in [5.41, 5.74) is 2.91. The summed E-state index contributed by atoms with van der Waals surface area (Å²) in [5.74, 6) is 4.41. The van der Waals surface area contributed by atoms with E-state index in [1.54, 1.807) is 0 Å². The second-order valence-electron chi connectivity index (χ2n) is 6.14. The molecule has 0 spiro atoms. The number of alkyl halides is 4. The molecule has 0 saturated carbocycles. The van der Waals surface area contributed by atoms with Crippen LogP contribution in [0.4, 0.5) is 22.0 Å². The van der Waals surface area contributed by atoms with Crippen molar-refractivity contribution in [2.75, 3.05) is 6.67 Å². The van der Waals surface area contributed by atoms with Gasteiger partial charge in [0.2, 0.25) is 5.82 Å². The number of aromatic nitrogens is 2. The van der Waals surface area contributed by atoms with Crippen LogP contribution in [0.15, 0.2) is 35.6 Å². The van der Waals surface area contributed by atoms with Gasteiger partial charge in [-0.15, -0.1) is 0 Å². The van der Waals surface area contributed by atoms with Crippen LogP contribution in [0.3, 0.4) is 0 Å². The van der Waals surface area contributed by atoms with Crippen LogP contribution in [0, 0.1) is 17.7 Å². The van der Waals surface area contributed by atoms with E-state index in [2.05, 4.69) is 31.5 Å². The first-order chi connectivity index (χ1) is 13.6. The molecule has 1 aromatic heterocycles. The minimum Gasteiger partial charge on any atom is -0.452 e. The van der Waals surface area contributed by atoms with Crippen molar-refractivity contribution in [2.45, 2.75) is 24.2 Å². The zero-order chi connectivity index (χ0) is 21.2. The summed E-state index contributed by atoms with van der Waals surface area (Å²) in [6.45, 7) is -1.42. The molecule has 3 rings (SSSR count). The van der Waals surface area contributed by atoms with Crippen molar-refractivity contribution in [1.29, 1.82) is 0 Å². The molecule has 0 aliphatic carbocycles. The highest BCUT2D eigenvalue weighted by Gasteiger charge is 2.52. The highest BCUT2D eigenvalue weighted by molar-refractivity contribution is 6.30. The van der Waals surface area contributed by atoms with E-state index in [1.807, 2.05) is 0 Å². The molecule has 1 aliphatic heterocycles. The molecule has 5 nitrogen and oxygen atoms in total. The molecular formula is C18H12ClF5N4O. The molecule has 1 aromatic carbocycles. The summed E-state index contributed by atoms with van der Waals surface area (Å²) in [7, 11) is 0. The molecule has 2 atom stereocenters. The Morgan fingerprint density at radius 1 is 1.24 bits per heavy atom. The summed E-state index contributed by atoms with van der Waals surface area (Å²) in [4.78, 5) is 11.4. The fourth-order valence-corrected chi connectivity index (χ4v) is 2.85. The average molecular weight is 431 g/mol. The predicted molar refractivity (Wildman–Crippen MR) is 94.2 cm³/mol. The Bertz CT molecular complexity index is 1000. The lowest BCUT2D eigenvalue weighted by atomic mass is 9.84. The minimum atomic E-state index is -4.83. The van der Waals surface area contributed by atoms with Gasteiger partial charge in [0.1, 0.15) is 18.0 Å². The molecule has 0 saturated heterocycles. The van der Waals surface area contributed by atoms with Crippen molar-refractivity contribution in [3.8, 4) is 11.8 Å². The number of aliphatic imine (C=N–C) groups is 1. The molecule has 0 amide bonds. The van der Waals surface area contributed by atoms with E-state index in [1.165, 1.54) is 18.5 Å². The largest absolute Gasteiger partial charge is 0.452 e. The molecule has 29 heavy (non-hydrogen) atoms. The third-order valence-corrected chi connectivity index (χ3v) is 4.30. The van der Waals surface area contributed by atoms with Crippen molar-refractivity contribution in [1.82, 2.24) is 9.97 Å². The molecule has 2 aromatic rings. The van der Waals surface area contributed by atoms with E-state index < -0.39 is 48.3 Å². The van der Waals surface area contributed by atoms with Gasteiger partial charge in [-0.1, -0.05) is 17.5 Å².